The van der Waals surface area contributed by atoms with E-state index in [0.717, 1.165) is 5.69 Å². The van der Waals surface area contributed by atoms with Crippen LogP contribution in [0.3, 0.4) is 0 Å². The monoisotopic (exact) mass is 407 g/mol. The number of carbonyl (C=O) groups excluding carboxylic acids is 1. The van der Waals surface area contributed by atoms with Gasteiger partial charge in [0.15, 0.2) is 0 Å². The molecule has 1 aromatic heterocycles. The van der Waals surface area contributed by atoms with Crippen molar-refractivity contribution in [2.75, 3.05) is 24.6 Å². The van der Waals surface area contributed by atoms with Crippen LogP contribution in [-0.4, -0.2) is 38.3 Å². The van der Waals surface area contributed by atoms with Gasteiger partial charge in [-0.2, -0.15) is 4.31 Å². The Bertz CT molecular complexity index is 856. The van der Waals surface area contributed by atoms with E-state index in [1.54, 1.807) is 17.5 Å². The van der Waals surface area contributed by atoms with Gasteiger partial charge in [0.1, 0.15) is 4.21 Å². The summed E-state index contributed by atoms with van der Waals surface area (Å²) in [6, 6.07) is 11.3. The molecule has 0 spiro atoms. The van der Waals surface area contributed by atoms with Gasteiger partial charge in [-0.25, -0.2) is 8.42 Å². The predicted octanol–water partition coefficient (Wildman–Crippen LogP) is 3.01. The molecule has 1 amide bonds. The highest BCUT2D eigenvalue weighted by molar-refractivity contribution is 7.91. The molecule has 0 aliphatic carbocycles. The number of hydrazine groups is 1. The van der Waals surface area contributed by atoms with Gasteiger partial charge in [0.05, 0.1) is 5.69 Å². The van der Waals surface area contributed by atoms with E-state index in [9.17, 15) is 13.2 Å². The van der Waals surface area contributed by atoms with Crippen LogP contribution in [0.15, 0.2) is 46.0 Å². The van der Waals surface area contributed by atoms with Crippen molar-refractivity contribution < 1.29 is 13.2 Å². The van der Waals surface area contributed by atoms with E-state index >= 15 is 0 Å². The van der Waals surface area contributed by atoms with Crippen molar-refractivity contribution >= 4 is 33.0 Å². The van der Waals surface area contributed by atoms with Crippen molar-refractivity contribution in [1.29, 1.82) is 0 Å². The maximum Gasteiger partial charge on any atom is 0.252 e. The van der Waals surface area contributed by atoms with Gasteiger partial charge in [-0.15, -0.1) is 11.3 Å². The summed E-state index contributed by atoms with van der Waals surface area (Å²) < 4.78 is 27.0. The molecule has 0 saturated carbocycles. The molecule has 2 heterocycles. The molecule has 146 valence electrons. The number of benzene rings is 1. The third-order valence-corrected chi connectivity index (χ3v) is 8.09. The standard InChI is InChI=1S/C19H25N3O3S2/c1-3-22(17-8-6-15(2)7-9-17)20-19(23)16-10-12-21(13-11-16)27(24,25)18-5-4-14-26-18/h4-9,14,16H,3,10-13H2,1-2H3,(H,20,23). The summed E-state index contributed by atoms with van der Waals surface area (Å²) in [6.45, 7) is 5.40. The molecule has 1 saturated heterocycles. The van der Waals surface area contributed by atoms with E-state index < -0.39 is 10.0 Å². The molecule has 3 rings (SSSR count). The van der Waals surface area contributed by atoms with Crippen LogP contribution >= 0.6 is 11.3 Å². The van der Waals surface area contributed by atoms with E-state index in [2.05, 4.69) is 5.43 Å². The molecule has 0 atom stereocenters. The fraction of sp³-hybridized carbons (Fsp3) is 0.421. The van der Waals surface area contributed by atoms with Gasteiger partial charge < -0.3 is 0 Å². The van der Waals surface area contributed by atoms with Gasteiger partial charge in [0, 0.05) is 25.6 Å². The number of aryl methyl sites for hydroxylation is 1. The van der Waals surface area contributed by atoms with Gasteiger partial charge in [0.2, 0.25) is 5.91 Å². The first-order chi connectivity index (χ1) is 12.9. The molecule has 1 aromatic carbocycles. The molecule has 1 fully saturated rings. The third-order valence-electron chi connectivity index (χ3n) is 4.82. The first kappa shape index (κ1) is 19.9. The Morgan fingerprint density at radius 2 is 1.89 bits per heavy atom. The van der Waals surface area contributed by atoms with Crippen LogP contribution in [0.4, 0.5) is 5.69 Å². The lowest BCUT2D eigenvalue weighted by Crippen LogP contribution is -2.48. The molecule has 1 N–H and O–H groups in total. The summed E-state index contributed by atoms with van der Waals surface area (Å²) in [5.74, 6) is -0.232. The lowest BCUT2D eigenvalue weighted by atomic mass is 9.97. The average molecular weight is 408 g/mol. The van der Waals surface area contributed by atoms with Gasteiger partial charge in [0.25, 0.3) is 10.0 Å². The molecule has 0 unspecified atom stereocenters. The molecule has 8 heteroatoms. The summed E-state index contributed by atoms with van der Waals surface area (Å²) in [6.07, 6.45) is 1.06. The SMILES string of the molecule is CCN(NC(=O)C1CCN(S(=O)(=O)c2cccs2)CC1)c1ccc(C)cc1. The molecule has 0 radical (unpaired) electrons. The highest BCUT2D eigenvalue weighted by Crippen LogP contribution is 2.26. The summed E-state index contributed by atoms with van der Waals surface area (Å²) in [4.78, 5) is 12.7. The molecule has 1 aliphatic rings. The summed E-state index contributed by atoms with van der Waals surface area (Å²) in [5.41, 5.74) is 5.09. The maximum atomic E-state index is 12.7. The number of thiophene rings is 1. The zero-order valence-corrected chi connectivity index (χ0v) is 17.2. The summed E-state index contributed by atoms with van der Waals surface area (Å²) in [7, 11) is -3.43. The Labute approximate surface area is 164 Å². The predicted molar refractivity (Wildman–Crippen MR) is 108 cm³/mol. The second-order valence-electron chi connectivity index (χ2n) is 6.67. The van der Waals surface area contributed by atoms with Crippen LogP contribution in [0.2, 0.25) is 0 Å². The lowest BCUT2D eigenvalue weighted by Gasteiger charge is -2.32. The van der Waals surface area contributed by atoms with Crippen LogP contribution in [0.1, 0.15) is 25.3 Å². The molecule has 1 aliphatic heterocycles. The molecule has 6 nitrogen and oxygen atoms in total. The Hall–Kier alpha value is -1.90. The second-order valence-corrected chi connectivity index (χ2v) is 9.78. The van der Waals surface area contributed by atoms with Crippen LogP contribution in [0, 0.1) is 12.8 Å². The number of anilines is 1. The topological polar surface area (TPSA) is 69.7 Å². The lowest BCUT2D eigenvalue weighted by molar-refractivity contribution is -0.126. The molecule has 0 bridgehead atoms. The van der Waals surface area contributed by atoms with Crippen molar-refractivity contribution in [2.45, 2.75) is 30.9 Å². The van der Waals surface area contributed by atoms with Crippen LogP contribution in [-0.2, 0) is 14.8 Å². The number of nitrogens with one attached hydrogen (secondary N) is 1. The first-order valence-electron chi connectivity index (χ1n) is 9.10. The number of rotatable bonds is 6. The zero-order valence-electron chi connectivity index (χ0n) is 15.6. The van der Waals surface area contributed by atoms with Crippen molar-refractivity contribution in [3.8, 4) is 0 Å². The zero-order chi connectivity index (χ0) is 19.4. The Morgan fingerprint density at radius 3 is 2.44 bits per heavy atom. The number of nitrogens with zero attached hydrogens (tertiary/aromatic N) is 2. The minimum Gasteiger partial charge on any atom is -0.286 e. The first-order valence-corrected chi connectivity index (χ1v) is 11.4. The number of hydrogen-bond acceptors (Lipinski definition) is 5. The molecule has 2 aromatic rings. The number of amides is 1. The van der Waals surface area contributed by atoms with E-state index in [0.29, 0.717) is 36.7 Å². The van der Waals surface area contributed by atoms with E-state index in [1.807, 2.05) is 43.1 Å². The number of hydrogen-bond donors (Lipinski definition) is 1. The van der Waals surface area contributed by atoms with Gasteiger partial charge in [-0.1, -0.05) is 23.8 Å². The van der Waals surface area contributed by atoms with Crippen molar-refractivity contribution in [3.63, 3.8) is 0 Å². The average Bonchev–Trinajstić information content (AvgIpc) is 3.22. The van der Waals surface area contributed by atoms with Crippen LogP contribution in [0.5, 0.6) is 0 Å². The van der Waals surface area contributed by atoms with Crippen molar-refractivity contribution in [2.24, 2.45) is 5.92 Å². The Balaban J connectivity index is 1.59. The van der Waals surface area contributed by atoms with Crippen LogP contribution < -0.4 is 10.4 Å². The highest BCUT2D eigenvalue weighted by atomic mass is 32.2. The summed E-state index contributed by atoms with van der Waals surface area (Å²) >= 11 is 1.23. The Morgan fingerprint density at radius 1 is 1.22 bits per heavy atom. The fourth-order valence-electron chi connectivity index (χ4n) is 3.17. The number of carbonyl (C=O) groups is 1. The molecular weight excluding hydrogens is 382 g/mol. The van der Waals surface area contributed by atoms with Gasteiger partial charge >= 0.3 is 0 Å². The second kappa shape index (κ2) is 8.41. The smallest absolute Gasteiger partial charge is 0.252 e. The van der Waals surface area contributed by atoms with Crippen LogP contribution in [0.25, 0.3) is 0 Å². The maximum absolute atomic E-state index is 12.7. The van der Waals surface area contributed by atoms with Gasteiger partial charge in [-0.05, 0) is 50.3 Å². The largest absolute Gasteiger partial charge is 0.286 e. The van der Waals surface area contributed by atoms with E-state index in [-0.39, 0.29) is 11.8 Å². The number of sulfonamides is 1. The fourth-order valence-corrected chi connectivity index (χ4v) is 5.79. The minimum absolute atomic E-state index is 0.0504. The molecule has 27 heavy (non-hydrogen) atoms. The Kier molecular flexibility index (Phi) is 6.18. The van der Waals surface area contributed by atoms with Crippen molar-refractivity contribution in [3.05, 3.63) is 47.3 Å². The highest BCUT2D eigenvalue weighted by Gasteiger charge is 2.33. The molecular formula is C19H25N3O3S2. The van der Waals surface area contributed by atoms with Gasteiger partial charge in [-0.3, -0.25) is 15.2 Å². The van der Waals surface area contributed by atoms with Crippen molar-refractivity contribution in [1.82, 2.24) is 9.73 Å². The third kappa shape index (κ3) is 4.51. The summed E-state index contributed by atoms with van der Waals surface area (Å²) in [5, 5.41) is 3.59. The number of piperidine rings is 1. The quantitative estimate of drug-likeness (QED) is 0.748. The van der Waals surface area contributed by atoms with E-state index in [1.165, 1.54) is 21.2 Å². The normalized spacial score (nSPS) is 16.2. The van der Waals surface area contributed by atoms with E-state index in [4.69, 9.17) is 0 Å². The minimum atomic E-state index is -3.43.